The van der Waals surface area contributed by atoms with Gasteiger partial charge in [-0.25, -0.2) is 0 Å². The number of aryl methyl sites for hydroxylation is 1. The molecule has 0 aliphatic carbocycles. The van der Waals surface area contributed by atoms with E-state index in [0.717, 1.165) is 27.2 Å². The molecule has 0 aliphatic heterocycles. The van der Waals surface area contributed by atoms with E-state index in [1.807, 2.05) is 20.0 Å². The summed E-state index contributed by atoms with van der Waals surface area (Å²) in [5.41, 5.74) is 2.25. The second-order valence-electron chi connectivity index (χ2n) is 3.88. The molecule has 0 fully saturated rings. The van der Waals surface area contributed by atoms with Crippen LogP contribution in [0.1, 0.15) is 10.4 Å². The standard InChI is InChI=1S/C13H13BrClNS/c1-8-5-11(14)10(6-12(8)15)13-4-3-9(17-13)7-16-2/h3-6,16H,7H2,1-2H3. The Morgan fingerprint density at radius 2 is 2.12 bits per heavy atom. The summed E-state index contributed by atoms with van der Waals surface area (Å²) >= 11 is 11.6. The Kier molecular flexibility index (Phi) is 4.26. The Bertz CT molecular complexity index is 536. The van der Waals surface area contributed by atoms with Crippen molar-refractivity contribution < 1.29 is 0 Å². The molecule has 0 aliphatic rings. The van der Waals surface area contributed by atoms with Crippen molar-refractivity contribution in [3.8, 4) is 10.4 Å². The third kappa shape index (κ3) is 2.91. The van der Waals surface area contributed by atoms with Crippen LogP contribution in [0.5, 0.6) is 0 Å². The summed E-state index contributed by atoms with van der Waals surface area (Å²) in [6.45, 7) is 2.92. The molecule has 17 heavy (non-hydrogen) atoms. The van der Waals surface area contributed by atoms with Gasteiger partial charge in [-0.3, -0.25) is 0 Å². The lowest BCUT2D eigenvalue weighted by Gasteiger charge is -2.05. The molecule has 2 aromatic rings. The molecule has 0 unspecified atom stereocenters. The van der Waals surface area contributed by atoms with E-state index in [1.165, 1.54) is 9.75 Å². The summed E-state index contributed by atoms with van der Waals surface area (Å²) in [6, 6.07) is 8.38. The highest BCUT2D eigenvalue weighted by Gasteiger charge is 2.09. The maximum atomic E-state index is 6.18. The zero-order chi connectivity index (χ0) is 12.4. The third-order valence-corrected chi connectivity index (χ3v) is 4.71. The van der Waals surface area contributed by atoms with Gasteiger partial charge < -0.3 is 5.32 Å². The number of nitrogens with one attached hydrogen (secondary N) is 1. The zero-order valence-electron chi connectivity index (χ0n) is 9.68. The Morgan fingerprint density at radius 1 is 1.35 bits per heavy atom. The zero-order valence-corrected chi connectivity index (χ0v) is 12.8. The van der Waals surface area contributed by atoms with Crippen LogP contribution in [0.25, 0.3) is 10.4 Å². The van der Waals surface area contributed by atoms with E-state index in [2.05, 4.69) is 39.4 Å². The Balaban J connectivity index is 2.41. The molecule has 1 heterocycles. The minimum atomic E-state index is 0.812. The van der Waals surface area contributed by atoms with Gasteiger partial charge in [-0.1, -0.05) is 27.5 Å². The lowest BCUT2D eigenvalue weighted by atomic mass is 10.1. The highest BCUT2D eigenvalue weighted by atomic mass is 79.9. The van der Waals surface area contributed by atoms with Crippen LogP contribution >= 0.6 is 38.9 Å². The molecule has 2 rings (SSSR count). The fourth-order valence-corrected chi connectivity index (χ4v) is 3.64. The molecule has 0 saturated carbocycles. The molecule has 1 N–H and O–H groups in total. The Morgan fingerprint density at radius 3 is 2.82 bits per heavy atom. The van der Waals surface area contributed by atoms with Crippen LogP contribution in [0, 0.1) is 6.92 Å². The number of rotatable bonds is 3. The summed E-state index contributed by atoms with van der Waals surface area (Å²) in [7, 11) is 1.96. The van der Waals surface area contributed by atoms with Crippen LogP contribution in [0.3, 0.4) is 0 Å². The van der Waals surface area contributed by atoms with Crippen LogP contribution < -0.4 is 5.32 Å². The molecule has 0 radical (unpaired) electrons. The summed E-state index contributed by atoms with van der Waals surface area (Å²) in [5.74, 6) is 0. The first kappa shape index (κ1) is 13.1. The van der Waals surface area contributed by atoms with Gasteiger partial charge in [0.25, 0.3) is 0 Å². The normalized spacial score (nSPS) is 10.8. The molecule has 0 atom stereocenters. The van der Waals surface area contributed by atoms with Gasteiger partial charge in [-0.2, -0.15) is 0 Å². The summed E-state index contributed by atoms with van der Waals surface area (Å²) in [6.07, 6.45) is 0. The van der Waals surface area contributed by atoms with Gasteiger partial charge in [-0.05, 0) is 43.8 Å². The van der Waals surface area contributed by atoms with E-state index in [1.54, 1.807) is 11.3 Å². The second-order valence-corrected chi connectivity index (χ2v) is 6.31. The molecular formula is C13H13BrClNS. The Labute approximate surface area is 119 Å². The number of thiophene rings is 1. The average Bonchev–Trinajstić information content (AvgIpc) is 2.72. The van der Waals surface area contributed by atoms with E-state index in [-0.39, 0.29) is 0 Å². The van der Waals surface area contributed by atoms with Crippen LogP contribution in [-0.4, -0.2) is 7.05 Å². The van der Waals surface area contributed by atoms with E-state index in [4.69, 9.17) is 11.6 Å². The number of benzene rings is 1. The molecule has 1 aromatic carbocycles. The molecular weight excluding hydrogens is 318 g/mol. The molecule has 0 spiro atoms. The monoisotopic (exact) mass is 329 g/mol. The van der Waals surface area contributed by atoms with E-state index in [9.17, 15) is 0 Å². The smallest absolute Gasteiger partial charge is 0.0442 e. The lowest BCUT2D eigenvalue weighted by molar-refractivity contribution is 0.831. The van der Waals surface area contributed by atoms with Crippen molar-refractivity contribution in [1.29, 1.82) is 0 Å². The van der Waals surface area contributed by atoms with E-state index >= 15 is 0 Å². The molecule has 0 bridgehead atoms. The van der Waals surface area contributed by atoms with Gasteiger partial charge in [0.15, 0.2) is 0 Å². The molecule has 90 valence electrons. The lowest BCUT2D eigenvalue weighted by Crippen LogP contribution is -2.02. The average molecular weight is 331 g/mol. The first-order valence-electron chi connectivity index (χ1n) is 5.31. The van der Waals surface area contributed by atoms with Crippen molar-refractivity contribution in [3.63, 3.8) is 0 Å². The topological polar surface area (TPSA) is 12.0 Å². The third-order valence-electron chi connectivity index (χ3n) is 2.53. The quantitative estimate of drug-likeness (QED) is 0.847. The van der Waals surface area contributed by atoms with Gasteiger partial charge in [0.1, 0.15) is 0 Å². The van der Waals surface area contributed by atoms with Crippen molar-refractivity contribution >= 4 is 38.9 Å². The maximum absolute atomic E-state index is 6.18. The minimum absolute atomic E-state index is 0.812. The summed E-state index contributed by atoms with van der Waals surface area (Å²) in [4.78, 5) is 2.56. The SMILES string of the molecule is CNCc1ccc(-c2cc(Cl)c(C)cc2Br)s1. The van der Waals surface area contributed by atoms with Gasteiger partial charge >= 0.3 is 0 Å². The van der Waals surface area contributed by atoms with E-state index in [0.29, 0.717) is 0 Å². The molecule has 0 amide bonds. The molecule has 1 aromatic heterocycles. The highest BCUT2D eigenvalue weighted by molar-refractivity contribution is 9.10. The van der Waals surface area contributed by atoms with Crippen molar-refractivity contribution in [3.05, 3.63) is 44.2 Å². The van der Waals surface area contributed by atoms with Gasteiger partial charge in [0.05, 0.1) is 0 Å². The fraction of sp³-hybridized carbons (Fsp3) is 0.231. The molecule has 4 heteroatoms. The fourth-order valence-electron chi connectivity index (χ4n) is 1.63. The number of hydrogen-bond acceptors (Lipinski definition) is 2. The summed E-state index contributed by atoms with van der Waals surface area (Å²) < 4.78 is 1.09. The van der Waals surface area contributed by atoms with Crippen LogP contribution in [-0.2, 0) is 6.54 Å². The van der Waals surface area contributed by atoms with Crippen LogP contribution in [0.4, 0.5) is 0 Å². The molecule has 1 nitrogen and oxygen atoms in total. The number of hydrogen-bond donors (Lipinski definition) is 1. The molecule has 0 saturated heterocycles. The first-order valence-corrected chi connectivity index (χ1v) is 7.30. The van der Waals surface area contributed by atoms with E-state index < -0.39 is 0 Å². The first-order chi connectivity index (χ1) is 8.11. The van der Waals surface area contributed by atoms with Gasteiger partial charge in [0.2, 0.25) is 0 Å². The largest absolute Gasteiger partial charge is 0.315 e. The predicted octanol–water partition coefficient (Wildman–Crippen LogP) is 4.86. The maximum Gasteiger partial charge on any atom is 0.0442 e. The highest BCUT2D eigenvalue weighted by Crippen LogP contribution is 2.36. The Hall–Kier alpha value is -0.350. The van der Waals surface area contributed by atoms with Crippen molar-refractivity contribution in [2.24, 2.45) is 0 Å². The summed E-state index contributed by atoms with van der Waals surface area (Å²) in [5, 5.41) is 3.97. The predicted molar refractivity (Wildman–Crippen MR) is 80.0 cm³/mol. The van der Waals surface area contributed by atoms with Crippen molar-refractivity contribution in [2.75, 3.05) is 7.05 Å². The minimum Gasteiger partial charge on any atom is -0.315 e. The van der Waals surface area contributed by atoms with Crippen LogP contribution in [0.2, 0.25) is 5.02 Å². The van der Waals surface area contributed by atoms with Gasteiger partial charge in [-0.15, -0.1) is 11.3 Å². The van der Waals surface area contributed by atoms with Crippen molar-refractivity contribution in [2.45, 2.75) is 13.5 Å². The van der Waals surface area contributed by atoms with Gasteiger partial charge in [0, 0.05) is 31.4 Å². The second kappa shape index (κ2) is 5.53. The van der Waals surface area contributed by atoms with Crippen LogP contribution in [0.15, 0.2) is 28.7 Å². The van der Waals surface area contributed by atoms with Crippen molar-refractivity contribution in [1.82, 2.24) is 5.32 Å². The number of halogens is 2.